The summed E-state index contributed by atoms with van der Waals surface area (Å²) in [5, 5.41) is 9.12. The van der Waals surface area contributed by atoms with E-state index in [9.17, 15) is 9.59 Å². The van der Waals surface area contributed by atoms with Crippen molar-refractivity contribution in [1.82, 2.24) is 4.90 Å². The Morgan fingerprint density at radius 3 is 2.06 bits per heavy atom. The summed E-state index contributed by atoms with van der Waals surface area (Å²) in [7, 11) is 0. The Hall–Kier alpha value is -1.10. The van der Waals surface area contributed by atoms with E-state index in [1.807, 2.05) is 27.7 Å². The molecule has 0 aromatic heterocycles. The fourth-order valence-corrected chi connectivity index (χ4v) is 3.11. The SMILES string of the molecule is C[C@@H]1CN(C(=O)C2C(C(=O)O)C2(C)C)C[C@H](C)O1. The zero-order valence-corrected chi connectivity index (χ0v) is 11.3. The molecular formula is C13H21NO4. The normalized spacial score (nSPS) is 38.3. The molecule has 1 saturated carbocycles. The highest BCUT2D eigenvalue weighted by atomic mass is 16.5. The Kier molecular flexibility index (Phi) is 3.13. The molecule has 0 radical (unpaired) electrons. The van der Waals surface area contributed by atoms with E-state index >= 15 is 0 Å². The molecule has 1 aliphatic heterocycles. The molecule has 18 heavy (non-hydrogen) atoms. The van der Waals surface area contributed by atoms with Gasteiger partial charge in [0.25, 0.3) is 0 Å². The van der Waals surface area contributed by atoms with Crippen molar-refractivity contribution in [3.8, 4) is 0 Å². The number of nitrogens with zero attached hydrogens (tertiary/aromatic N) is 1. The van der Waals surface area contributed by atoms with Crippen LogP contribution < -0.4 is 0 Å². The lowest BCUT2D eigenvalue weighted by Gasteiger charge is -2.35. The number of carbonyl (C=O) groups is 2. The van der Waals surface area contributed by atoms with Gasteiger partial charge in [-0.1, -0.05) is 13.8 Å². The molecule has 1 heterocycles. The van der Waals surface area contributed by atoms with E-state index in [-0.39, 0.29) is 24.0 Å². The van der Waals surface area contributed by atoms with Crippen LogP contribution >= 0.6 is 0 Å². The number of amides is 1. The van der Waals surface area contributed by atoms with Crippen molar-refractivity contribution in [1.29, 1.82) is 0 Å². The van der Waals surface area contributed by atoms with Gasteiger partial charge < -0.3 is 14.7 Å². The summed E-state index contributed by atoms with van der Waals surface area (Å²) in [6.07, 6.45) is 0.0330. The molecule has 5 heteroatoms. The van der Waals surface area contributed by atoms with Gasteiger partial charge in [-0.3, -0.25) is 9.59 Å². The highest BCUT2D eigenvalue weighted by Gasteiger charge is 2.66. The molecule has 2 fully saturated rings. The number of hydrogen-bond acceptors (Lipinski definition) is 3. The summed E-state index contributed by atoms with van der Waals surface area (Å²) < 4.78 is 5.58. The van der Waals surface area contributed by atoms with Crippen LogP contribution in [0.3, 0.4) is 0 Å². The van der Waals surface area contributed by atoms with Crippen molar-refractivity contribution in [3.05, 3.63) is 0 Å². The van der Waals surface area contributed by atoms with E-state index in [2.05, 4.69) is 0 Å². The van der Waals surface area contributed by atoms with Gasteiger partial charge >= 0.3 is 5.97 Å². The fraction of sp³-hybridized carbons (Fsp3) is 0.846. The molecular weight excluding hydrogens is 234 g/mol. The van der Waals surface area contributed by atoms with Gasteiger partial charge in [0, 0.05) is 13.1 Å². The maximum Gasteiger partial charge on any atom is 0.307 e. The van der Waals surface area contributed by atoms with Crippen LogP contribution in [-0.4, -0.2) is 47.2 Å². The number of carbonyl (C=O) groups excluding carboxylic acids is 1. The van der Waals surface area contributed by atoms with Crippen LogP contribution in [0, 0.1) is 17.3 Å². The number of aliphatic carboxylic acids is 1. The van der Waals surface area contributed by atoms with E-state index in [0.29, 0.717) is 13.1 Å². The summed E-state index contributed by atoms with van der Waals surface area (Å²) in [4.78, 5) is 25.3. The van der Waals surface area contributed by atoms with E-state index in [4.69, 9.17) is 9.84 Å². The number of carboxylic acids is 1. The summed E-state index contributed by atoms with van der Waals surface area (Å²) >= 11 is 0. The Morgan fingerprint density at radius 2 is 1.67 bits per heavy atom. The van der Waals surface area contributed by atoms with Crippen molar-refractivity contribution in [2.24, 2.45) is 17.3 Å². The lowest BCUT2D eigenvalue weighted by atomic mass is 10.1. The highest BCUT2D eigenvalue weighted by Crippen LogP contribution is 2.59. The fourth-order valence-electron chi connectivity index (χ4n) is 3.11. The van der Waals surface area contributed by atoms with Gasteiger partial charge in [-0.15, -0.1) is 0 Å². The van der Waals surface area contributed by atoms with Crippen LogP contribution in [0.15, 0.2) is 0 Å². The number of carboxylic acid groups (broad SMARTS) is 1. The summed E-state index contributed by atoms with van der Waals surface area (Å²) in [5.41, 5.74) is -0.423. The van der Waals surface area contributed by atoms with Crippen LogP contribution in [0.1, 0.15) is 27.7 Å². The molecule has 1 saturated heterocycles. The number of morpholine rings is 1. The third-order valence-corrected chi connectivity index (χ3v) is 4.09. The Labute approximate surface area is 107 Å². The average Bonchev–Trinajstić information content (AvgIpc) is 2.79. The third-order valence-electron chi connectivity index (χ3n) is 4.09. The third kappa shape index (κ3) is 2.11. The van der Waals surface area contributed by atoms with Crippen molar-refractivity contribution in [2.45, 2.75) is 39.9 Å². The molecule has 5 nitrogen and oxygen atoms in total. The van der Waals surface area contributed by atoms with Gasteiger partial charge in [-0.25, -0.2) is 0 Å². The topological polar surface area (TPSA) is 66.8 Å². The van der Waals surface area contributed by atoms with Gasteiger partial charge in [0.1, 0.15) is 0 Å². The van der Waals surface area contributed by atoms with E-state index < -0.39 is 17.3 Å². The molecule has 4 atom stereocenters. The molecule has 2 aliphatic rings. The second-order valence-corrected chi connectivity index (χ2v) is 6.12. The Balaban J connectivity index is 2.07. The average molecular weight is 255 g/mol. The lowest BCUT2D eigenvalue weighted by molar-refractivity contribution is -0.147. The van der Waals surface area contributed by atoms with Crippen LogP contribution in [0.2, 0.25) is 0 Å². The largest absolute Gasteiger partial charge is 0.481 e. The molecule has 0 aromatic rings. The number of hydrogen-bond donors (Lipinski definition) is 1. The molecule has 1 N–H and O–H groups in total. The quantitative estimate of drug-likeness (QED) is 0.798. The smallest absolute Gasteiger partial charge is 0.307 e. The Morgan fingerprint density at radius 1 is 1.17 bits per heavy atom. The number of rotatable bonds is 2. The van der Waals surface area contributed by atoms with E-state index in [1.54, 1.807) is 4.90 Å². The van der Waals surface area contributed by atoms with Gasteiger partial charge in [0.05, 0.1) is 24.0 Å². The molecule has 0 aromatic carbocycles. The first-order valence-electron chi connectivity index (χ1n) is 6.42. The maximum atomic E-state index is 12.4. The first kappa shape index (κ1) is 13.3. The minimum atomic E-state index is -0.868. The molecule has 2 unspecified atom stereocenters. The highest BCUT2D eigenvalue weighted by molar-refractivity contribution is 5.91. The van der Waals surface area contributed by atoms with Crippen molar-refractivity contribution in [3.63, 3.8) is 0 Å². The first-order valence-corrected chi connectivity index (χ1v) is 6.42. The lowest BCUT2D eigenvalue weighted by Crippen LogP contribution is -2.49. The predicted octanol–water partition coefficient (Wildman–Crippen LogP) is 0.979. The van der Waals surface area contributed by atoms with E-state index in [1.165, 1.54) is 0 Å². The van der Waals surface area contributed by atoms with Gasteiger partial charge in [0.2, 0.25) is 5.91 Å². The minimum Gasteiger partial charge on any atom is -0.481 e. The van der Waals surface area contributed by atoms with Crippen LogP contribution in [-0.2, 0) is 14.3 Å². The van der Waals surface area contributed by atoms with Crippen molar-refractivity contribution in [2.75, 3.05) is 13.1 Å². The molecule has 2 rings (SSSR count). The van der Waals surface area contributed by atoms with Gasteiger partial charge in [-0.05, 0) is 19.3 Å². The Bertz CT molecular complexity index is 369. The first-order chi connectivity index (χ1) is 8.25. The molecule has 102 valence electrons. The molecule has 0 spiro atoms. The van der Waals surface area contributed by atoms with Gasteiger partial charge in [-0.2, -0.15) is 0 Å². The second-order valence-electron chi connectivity index (χ2n) is 6.12. The zero-order valence-electron chi connectivity index (χ0n) is 11.3. The standard InChI is InChI=1S/C13H21NO4/c1-7-5-14(6-8(2)18-7)11(15)9-10(12(16)17)13(9,3)4/h7-10H,5-6H2,1-4H3,(H,16,17)/t7-,8+,9?,10?. The van der Waals surface area contributed by atoms with Crippen LogP contribution in [0.4, 0.5) is 0 Å². The van der Waals surface area contributed by atoms with Crippen molar-refractivity contribution >= 4 is 11.9 Å². The summed E-state index contributed by atoms with van der Waals surface area (Å²) in [5.74, 6) is -1.83. The van der Waals surface area contributed by atoms with Crippen molar-refractivity contribution < 1.29 is 19.4 Å². The number of ether oxygens (including phenoxy) is 1. The van der Waals surface area contributed by atoms with E-state index in [0.717, 1.165) is 0 Å². The van der Waals surface area contributed by atoms with Crippen LogP contribution in [0.25, 0.3) is 0 Å². The zero-order chi connectivity index (χ0) is 13.7. The molecule has 1 amide bonds. The maximum absolute atomic E-state index is 12.4. The molecule has 0 bridgehead atoms. The summed E-state index contributed by atoms with van der Waals surface area (Å²) in [6, 6.07) is 0. The predicted molar refractivity (Wildman–Crippen MR) is 65.0 cm³/mol. The van der Waals surface area contributed by atoms with Gasteiger partial charge in [0.15, 0.2) is 0 Å². The minimum absolute atomic E-state index is 0.0165. The monoisotopic (exact) mass is 255 g/mol. The summed E-state index contributed by atoms with van der Waals surface area (Å²) in [6.45, 7) is 8.68. The second kappa shape index (κ2) is 4.23. The van der Waals surface area contributed by atoms with Crippen LogP contribution in [0.5, 0.6) is 0 Å². The molecule has 1 aliphatic carbocycles.